The average Bonchev–Trinajstić information content (AvgIpc) is 2.94. The molecule has 0 saturated carbocycles. The van der Waals surface area contributed by atoms with E-state index in [0.717, 1.165) is 12.4 Å². The molecule has 3 rings (SSSR count). The summed E-state index contributed by atoms with van der Waals surface area (Å²) in [5.41, 5.74) is -4.12. The molecule has 3 heterocycles. The van der Waals surface area contributed by atoms with Crippen molar-refractivity contribution >= 4 is 34.4 Å². The van der Waals surface area contributed by atoms with E-state index in [1.165, 1.54) is 0 Å². The van der Waals surface area contributed by atoms with Gasteiger partial charge in [0.1, 0.15) is 41.9 Å². The lowest BCUT2D eigenvalue weighted by molar-refractivity contribution is -0.0618. The number of ether oxygens (including phenoxy) is 1. The highest BCUT2D eigenvalue weighted by Crippen LogP contribution is 2.66. The monoisotopic (exact) mass is 560 g/mol. The Morgan fingerprint density at radius 2 is 1.80 bits per heavy atom. The smallest absolute Gasteiger partial charge is 0.490 e. The zero-order valence-corrected chi connectivity index (χ0v) is 19.4. The van der Waals surface area contributed by atoms with Crippen molar-refractivity contribution in [2.45, 2.75) is 23.9 Å². The van der Waals surface area contributed by atoms with Crippen molar-refractivity contribution in [3.63, 3.8) is 0 Å². The molecule has 2 unspecified atom stereocenters. The fraction of sp³-hybridized carbons (Fsp3) is 0.385. The molecule has 35 heavy (non-hydrogen) atoms. The van der Waals surface area contributed by atoms with Crippen molar-refractivity contribution in [2.24, 2.45) is 0 Å². The third kappa shape index (κ3) is 5.82. The third-order valence-corrected chi connectivity index (χ3v) is 8.22. The fourth-order valence-corrected chi connectivity index (χ4v) is 6.16. The number of pyridine rings is 1. The van der Waals surface area contributed by atoms with E-state index in [1.807, 2.05) is 4.98 Å². The van der Waals surface area contributed by atoms with Gasteiger partial charge in [0.25, 0.3) is 5.56 Å². The van der Waals surface area contributed by atoms with Crippen molar-refractivity contribution in [3.8, 4) is 11.9 Å². The molecule has 2 aromatic heterocycles. The van der Waals surface area contributed by atoms with Crippen molar-refractivity contribution in [1.29, 1.82) is 5.26 Å². The number of hydrogen-bond acceptors (Lipinski definition) is 14. The summed E-state index contributed by atoms with van der Waals surface area (Å²) in [6.45, 7) is -1.19. The van der Waals surface area contributed by atoms with Crippen molar-refractivity contribution in [2.75, 3.05) is 6.61 Å². The zero-order valence-electron chi connectivity index (χ0n) is 16.7. The molecule has 0 radical (unpaired) electrons. The Bertz CT molecular complexity index is 1390. The van der Waals surface area contributed by atoms with Crippen LogP contribution < -0.4 is 5.56 Å². The van der Waals surface area contributed by atoms with Gasteiger partial charge >= 0.3 is 23.5 Å². The Balaban J connectivity index is 1.88. The first-order valence-corrected chi connectivity index (χ1v) is 13.3. The van der Waals surface area contributed by atoms with Crippen LogP contribution in [-0.4, -0.2) is 74.8 Å². The van der Waals surface area contributed by atoms with E-state index in [4.69, 9.17) is 19.4 Å². The Kier molecular flexibility index (Phi) is 7.37. The molecule has 0 amide bonds. The number of aliphatic hydroxyl groups excluding tert-OH is 2. The van der Waals surface area contributed by atoms with Gasteiger partial charge in [0.2, 0.25) is 11.5 Å². The minimum absolute atomic E-state index is 0.255. The van der Waals surface area contributed by atoms with Crippen LogP contribution >= 0.6 is 23.5 Å². The first-order chi connectivity index (χ1) is 16.0. The number of phosphoric ester groups is 1. The first-order valence-electron chi connectivity index (χ1n) is 8.81. The van der Waals surface area contributed by atoms with Gasteiger partial charge in [-0.05, 0) is 0 Å². The predicted molar refractivity (Wildman–Crippen MR) is 106 cm³/mol. The van der Waals surface area contributed by atoms with Gasteiger partial charge in [-0.3, -0.25) is 14.3 Å². The summed E-state index contributed by atoms with van der Waals surface area (Å²) in [7, 11) is -17.1. The lowest BCUT2D eigenvalue weighted by Gasteiger charge is -2.25. The lowest BCUT2D eigenvalue weighted by atomic mass is 9.90. The molecule has 2 aromatic rings. The molecule has 1 saturated heterocycles. The molecule has 0 spiro atoms. The molecule has 1 aliphatic rings. The topological polar surface area (TPSA) is 312 Å². The number of fused-ring (bicyclic) bond motifs is 1. The highest BCUT2D eigenvalue weighted by molar-refractivity contribution is 7.66. The standard InChI is InChI=1S/C13H15N4O15P3/c14-3-13(10-5-1-7(18)17-12(21)8(5)15-4-16-10)11(20)9(19)6(30-13)2-29-34(25,26)32-35(27,28)31-33(22,23)24/h1,4,6,9,11,19-20H,2H2,(H,25,26)(H,27,28)(H2,17,18,21)(H2,22,23,24)/t6-,9-,11-,13+/m1/s1. The molecule has 0 aromatic carbocycles. The quantitative estimate of drug-likeness (QED) is 0.165. The van der Waals surface area contributed by atoms with E-state index in [9.17, 15) is 44.0 Å². The van der Waals surface area contributed by atoms with Gasteiger partial charge in [-0.2, -0.15) is 13.9 Å². The highest BCUT2D eigenvalue weighted by Gasteiger charge is 2.58. The van der Waals surface area contributed by atoms with E-state index < -0.39 is 71.1 Å². The van der Waals surface area contributed by atoms with Crippen LogP contribution in [-0.2, 0) is 37.2 Å². The molecular weight excluding hydrogens is 545 g/mol. The number of hydrogen-bond donors (Lipinski definition) is 8. The SMILES string of the molecule is N#C[C@@]1(c2ncnc3c(O)[nH]c(=O)cc23)O[C@H](COP(=O)(O)OP(=O)(O)OP(=O)(O)O)[C@@H](O)[C@H]1O. The summed E-state index contributed by atoms with van der Waals surface area (Å²) in [5, 5.41) is 40.3. The summed E-state index contributed by atoms with van der Waals surface area (Å²) >= 11 is 0. The second-order valence-electron chi connectivity index (χ2n) is 6.79. The van der Waals surface area contributed by atoms with Crippen LogP contribution in [0, 0.1) is 11.3 Å². The Hall–Kier alpha value is -2.13. The number of phosphoric acid groups is 3. The van der Waals surface area contributed by atoms with E-state index in [-0.39, 0.29) is 10.9 Å². The number of H-pyrrole nitrogens is 1. The lowest BCUT2D eigenvalue weighted by Crippen LogP contribution is -2.40. The number of aliphatic hydroxyl groups is 2. The number of nitrogens with one attached hydrogen (secondary N) is 1. The predicted octanol–water partition coefficient (Wildman–Crippen LogP) is -1.79. The summed E-state index contributed by atoms with van der Waals surface area (Å²) in [4.78, 5) is 57.1. The average molecular weight is 560 g/mol. The molecule has 6 atom stereocenters. The number of aromatic nitrogens is 3. The minimum Gasteiger partial charge on any atom is -0.493 e. The van der Waals surface area contributed by atoms with Gasteiger partial charge in [0.05, 0.1) is 6.61 Å². The minimum atomic E-state index is -5.82. The number of rotatable bonds is 8. The largest absolute Gasteiger partial charge is 0.493 e. The Labute approximate surface area is 192 Å². The van der Waals surface area contributed by atoms with Crippen molar-refractivity contribution in [3.05, 3.63) is 28.4 Å². The number of nitrogens with zero attached hydrogens (tertiary/aromatic N) is 3. The third-order valence-electron chi connectivity index (χ3n) is 4.42. The molecule has 1 aliphatic heterocycles. The van der Waals surface area contributed by atoms with E-state index in [0.29, 0.717) is 0 Å². The number of nitriles is 1. The van der Waals surface area contributed by atoms with Crippen molar-refractivity contribution in [1.82, 2.24) is 15.0 Å². The molecule has 8 N–H and O–H groups in total. The summed E-state index contributed by atoms with van der Waals surface area (Å²) < 4.78 is 50.8. The summed E-state index contributed by atoms with van der Waals surface area (Å²) in [6, 6.07) is 2.44. The molecule has 19 nitrogen and oxygen atoms in total. The maximum absolute atomic E-state index is 11.9. The van der Waals surface area contributed by atoms with Gasteiger partial charge in [-0.1, -0.05) is 0 Å². The summed E-state index contributed by atoms with van der Waals surface area (Å²) in [5.74, 6) is -0.707. The van der Waals surface area contributed by atoms with Crippen LogP contribution in [0.3, 0.4) is 0 Å². The van der Waals surface area contributed by atoms with Crippen LogP contribution in [0.4, 0.5) is 0 Å². The molecule has 1 fully saturated rings. The van der Waals surface area contributed by atoms with Crippen LogP contribution in [0.25, 0.3) is 10.9 Å². The number of aromatic amines is 1. The van der Waals surface area contributed by atoms with Gasteiger partial charge in [0, 0.05) is 11.5 Å². The molecular formula is C13H15N4O15P3. The van der Waals surface area contributed by atoms with Gasteiger partial charge in [-0.25, -0.2) is 23.7 Å². The Morgan fingerprint density at radius 3 is 2.40 bits per heavy atom. The molecule has 192 valence electrons. The van der Waals surface area contributed by atoms with Gasteiger partial charge in [-0.15, -0.1) is 0 Å². The van der Waals surface area contributed by atoms with Gasteiger partial charge in [0.15, 0.2) is 0 Å². The first kappa shape index (κ1) is 27.5. The van der Waals surface area contributed by atoms with Crippen LogP contribution in [0.1, 0.15) is 5.69 Å². The van der Waals surface area contributed by atoms with E-state index >= 15 is 0 Å². The number of aromatic hydroxyl groups is 1. The highest BCUT2D eigenvalue weighted by atomic mass is 31.3. The maximum atomic E-state index is 11.9. The van der Waals surface area contributed by atoms with Crippen LogP contribution in [0.5, 0.6) is 5.88 Å². The second kappa shape index (κ2) is 9.39. The second-order valence-corrected chi connectivity index (χ2v) is 11.2. The zero-order chi connectivity index (χ0) is 26.4. The van der Waals surface area contributed by atoms with Crippen molar-refractivity contribution < 1.29 is 66.5 Å². The fourth-order valence-electron chi connectivity index (χ4n) is 3.13. The van der Waals surface area contributed by atoms with E-state index in [1.54, 1.807) is 6.07 Å². The van der Waals surface area contributed by atoms with Crippen LogP contribution in [0.2, 0.25) is 0 Å². The normalized spacial score (nSPS) is 28.3. The molecule has 0 bridgehead atoms. The summed E-state index contributed by atoms with van der Waals surface area (Å²) in [6.07, 6.45) is -5.12. The molecule has 0 aliphatic carbocycles. The molecule has 22 heteroatoms. The van der Waals surface area contributed by atoms with Crippen LogP contribution in [0.15, 0.2) is 17.2 Å². The van der Waals surface area contributed by atoms with Gasteiger partial charge < -0.3 is 39.6 Å². The van der Waals surface area contributed by atoms with E-state index in [2.05, 4.69) is 23.1 Å². The maximum Gasteiger partial charge on any atom is 0.490 e. The Morgan fingerprint density at radius 1 is 1.14 bits per heavy atom.